The van der Waals surface area contributed by atoms with Gasteiger partial charge in [-0.2, -0.15) is 0 Å². The topological polar surface area (TPSA) is 104 Å². The zero-order chi connectivity index (χ0) is 28.3. The summed E-state index contributed by atoms with van der Waals surface area (Å²) in [6.07, 6.45) is 8.77. The molecular formula is C31H39N9O. The first-order valence-electron chi connectivity index (χ1n) is 14.6. The molecule has 0 aliphatic carbocycles. The van der Waals surface area contributed by atoms with Crippen LogP contribution in [0.25, 0.3) is 10.9 Å². The van der Waals surface area contributed by atoms with Crippen molar-refractivity contribution in [3.05, 3.63) is 71.7 Å². The zero-order valence-electron chi connectivity index (χ0n) is 24.2. The van der Waals surface area contributed by atoms with Crippen molar-refractivity contribution in [1.82, 2.24) is 34.7 Å². The molecule has 41 heavy (non-hydrogen) atoms. The maximum Gasteiger partial charge on any atom is 0.251 e. The molecule has 4 aromatic rings. The van der Waals surface area contributed by atoms with E-state index < -0.39 is 0 Å². The van der Waals surface area contributed by atoms with Crippen LogP contribution < -0.4 is 15.5 Å². The van der Waals surface area contributed by atoms with Gasteiger partial charge in [-0.25, -0.2) is 15.0 Å². The first-order valence-corrected chi connectivity index (χ1v) is 14.6. The average molecular weight is 554 g/mol. The third-order valence-corrected chi connectivity index (χ3v) is 8.70. The highest BCUT2D eigenvalue weighted by Gasteiger charge is 2.27. The number of amides is 1. The number of carbonyl (C=O) groups is 1. The minimum absolute atomic E-state index is 0.0983. The largest absolute Gasteiger partial charge is 0.370 e. The number of rotatable bonds is 8. The van der Waals surface area contributed by atoms with Crippen LogP contribution in [0.4, 0.5) is 11.6 Å². The Morgan fingerprint density at radius 1 is 1.07 bits per heavy atom. The molecule has 6 rings (SSSR count). The molecule has 1 fully saturated rings. The van der Waals surface area contributed by atoms with E-state index in [0.29, 0.717) is 11.5 Å². The molecular weight excluding hydrogens is 514 g/mol. The fraction of sp³-hybridized carbons (Fsp3) is 0.452. The van der Waals surface area contributed by atoms with Crippen LogP contribution in [-0.4, -0.2) is 75.6 Å². The Labute approximate surface area is 241 Å². The molecule has 1 saturated heterocycles. The molecule has 1 unspecified atom stereocenters. The Bertz CT molecular complexity index is 1530. The molecule has 3 aromatic heterocycles. The maximum absolute atomic E-state index is 12.3. The number of carbonyl (C=O) groups excluding carboxylic acids is 1. The highest BCUT2D eigenvalue weighted by Crippen LogP contribution is 2.31. The second-order valence-electron chi connectivity index (χ2n) is 11.3. The number of likely N-dealkylation sites (tertiary alicyclic amines) is 1. The predicted octanol–water partition coefficient (Wildman–Crippen LogP) is 4.02. The summed E-state index contributed by atoms with van der Waals surface area (Å²) in [6, 6.07) is 9.89. The van der Waals surface area contributed by atoms with Gasteiger partial charge in [0.25, 0.3) is 5.91 Å². The summed E-state index contributed by atoms with van der Waals surface area (Å²) in [6.45, 7) is 7.87. The lowest BCUT2D eigenvalue weighted by Crippen LogP contribution is -2.36. The smallest absolute Gasteiger partial charge is 0.251 e. The Morgan fingerprint density at radius 3 is 2.76 bits per heavy atom. The van der Waals surface area contributed by atoms with E-state index in [4.69, 9.17) is 4.98 Å². The van der Waals surface area contributed by atoms with E-state index in [1.807, 2.05) is 18.2 Å². The van der Waals surface area contributed by atoms with Crippen molar-refractivity contribution in [1.29, 1.82) is 0 Å². The summed E-state index contributed by atoms with van der Waals surface area (Å²) in [5.41, 5.74) is 4.07. The molecule has 1 atom stereocenters. The molecule has 1 aromatic carbocycles. The summed E-state index contributed by atoms with van der Waals surface area (Å²) in [5, 5.41) is 7.10. The van der Waals surface area contributed by atoms with Gasteiger partial charge in [-0.3, -0.25) is 9.78 Å². The van der Waals surface area contributed by atoms with E-state index in [9.17, 15) is 4.79 Å². The van der Waals surface area contributed by atoms with E-state index in [1.54, 1.807) is 25.6 Å². The van der Waals surface area contributed by atoms with Crippen LogP contribution in [0.5, 0.6) is 0 Å². The summed E-state index contributed by atoms with van der Waals surface area (Å²) < 4.78 is 2.44. The molecule has 0 spiro atoms. The molecule has 0 radical (unpaired) electrons. The van der Waals surface area contributed by atoms with Crippen molar-refractivity contribution < 1.29 is 4.79 Å². The highest BCUT2D eigenvalue weighted by molar-refractivity contribution is 6.06. The van der Waals surface area contributed by atoms with Crippen LogP contribution in [-0.2, 0) is 13.1 Å². The van der Waals surface area contributed by atoms with Crippen molar-refractivity contribution in [3.63, 3.8) is 0 Å². The summed E-state index contributed by atoms with van der Waals surface area (Å²) in [4.78, 5) is 35.6. The van der Waals surface area contributed by atoms with Crippen molar-refractivity contribution >= 4 is 28.4 Å². The number of pyridine rings is 1. The van der Waals surface area contributed by atoms with E-state index in [-0.39, 0.29) is 11.8 Å². The van der Waals surface area contributed by atoms with Crippen LogP contribution in [0.15, 0.2) is 49.1 Å². The number of nitrogens with zero attached hydrogens (tertiary/aromatic N) is 7. The monoisotopic (exact) mass is 553 g/mol. The second kappa shape index (κ2) is 11.8. The lowest BCUT2D eigenvalue weighted by Gasteiger charge is -2.33. The highest BCUT2D eigenvalue weighted by atomic mass is 16.1. The second-order valence-corrected chi connectivity index (χ2v) is 11.3. The van der Waals surface area contributed by atoms with Gasteiger partial charge in [0.15, 0.2) is 0 Å². The van der Waals surface area contributed by atoms with Gasteiger partial charge < -0.3 is 25.0 Å². The number of piperidine rings is 1. The number of fused-ring (bicyclic) bond motifs is 2. The quantitative estimate of drug-likeness (QED) is 0.337. The predicted molar refractivity (Wildman–Crippen MR) is 161 cm³/mol. The van der Waals surface area contributed by atoms with Gasteiger partial charge in [-0.15, -0.1) is 0 Å². The number of aromatic nitrogens is 5. The van der Waals surface area contributed by atoms with Gasteiger partial charge in [0.2, 0.25) is 0 Å². The van der Waals surface area contributed by atoms with Crippen LogP contribution in [0.1, 0.15) is 65.5 Å². The number of nitrogens with one attached hydrogen (secondary N) is 2. The average Bonchev–Trinajstić information content (AvgIpc) is 3.44. The molecule has 0 bridgehead atoms. The zero-order valence-corrected chi connectivity index (χ0v) is 24.2. The van der Waals surface area contributed by atoms with Gasteiger partial charge in [0.05, 0.1) is 17.6 Å². The van der Waals surface area contributed by atoms with Crippen molar-refractivity contribution in [3.8, 4) is 0 Å². The number of hydrogen-bond acceptors (Lipinski definition) is 8. The Balaban J connectivity index is 1.08. The summed E-state index contributed by atoms with van der Waals surface area (Å²) in [7, 11) is 3.86. The summed E-state index contributed by atoms with van der Waals surface area (Å²) in [5.74, 6) is 3.62. The first-order chi connectivity index (χ1) is 20.0. The van der Waals surface area contributed by atoms with E-state index >= 15 is 0 Å². The Kier molecular flexibility index (Phi) is 7.82. The summed E-state index contributed by atoms with van der Waals surface area (Å²) >= 11 is 0. The van der Waals surface area contributed by atoms with E-state index in [0.717, 1.165) is 79.6 Å². The van der Waals surface area contributed by atoms with Crippen molar-refractivity contribution in [2.24, 2.45) is 0 Å². The standard InChI is InChI=1S/C31H39N9O/c1-21(23-5-4-6-24-25(31(41)32-2)8-12-34-30(23)24)7-11-33-27-17-28(37-20-36-27)39-15-16-40-26(18-35-29(40)19-39)22-9-13-38(3)14-10-22/h4-6,8,12,17-18,20-22H,7,9-11,13-16,19H2,1-3H3,(H,32,41)(H,33,36,37). The van der Waals surface area contributed by atoms with Crippen LogP contribution in [0.3, 0.4) is 0 Å². The van der Waals surface area contributed by atoms with Crippen LogP contribution >= 0.6 is 0 Å². The molecule has 10 heteroatoms. The van der Waals surface area contributed by atoms with Crippen molar-refractivity contribution in [2.75, 3.05) is 50.5 Å². The SMILES string of the molecule is CNC(=O)c1ccnc2c(C(C)CCNc3cc(N4CCn5c(C6CCN(C)CC6)cnc5C4)ncn3)cccc12. The lowest BCUT2D eigenvalue weighted by atomic mass is 9.94. The number of para-hydroxylation sites is 1. The van der Waals surface area contributed by atoms with E-state index in [1.165, 1.54) is 18.5 Å². The van der Waals surface area contributed by atoms with Gasteiger partial charge in [-0.1, -0.05) is 25.1 Å². The normalized spacial score (nSPS) is 16.9. The maximum atomic E-state index is 12.3. The Morgan fingerprint density at radius 2 is 1.93 bits per heavy atom. The number of imidazole rings is 1. The molecule has 0 saturated carbocycles. The fourth-order valence-corrected chi connectivity index (χ4v) is 6.23. The minimum atomic E-state index is -0.0983. The third-order valence-electron chi connectivity index (χ3n) is 8.70. The molecule has 2 aliphatic heterocycles. The molecule has 214 valence electrons. The van der Waals surface area contributed by atoms with Gasteiger partial charge in [0.1, 0.15) is 23.8 Å². The Hall–Kier alpha value is -4.05. The first kappa shape index (κ1) is 27.1. The van der Waals surface area contributed by atoms with Crippen molar-refractivity contribution in [2.45, 2.75) is 51.1 Å². The molecule has 2 aliphatic rings. The minimum Gasteiger partial charge on any atom is -0.370 e. The van der Waals surface area contributed by atoms with Crippen LogP contribution in [0, 0.1) is 0 Å². The van der Waals surface area contributed by atoms with Gasteiger partial charge in [-0.05, 0) is 56.9 Å². The molecule has 5 heterocycles. The third kappa shape index (κ3) is 5.61. The fourth-order valence-electron chi connectivity index (χ4n) is 6.23. The molecule has 1 amide bonds. The van der Waals surface area contributed by atoms with Crippen LogP contribution in [0.2, 0.25) is 0 Å². The molecule has 2 N–H and O–H groups in total. The van der Waals surface area contributed by atoms with E-state index in [2.05, 4.69) is 66.2 Å². The molecule has 10 nitrogen and oxygen atoms in total. The van der Waals surface area contributed by atoms with Gasteiger partial charge >= 0.3 is 0 Å². The number of benzene rings is 1. The number of anilines is 2. The number of hydrogen-bond donors (Lipinski definition) is 2. The lowest BCUT2D eigenvalue weighted by molar-refractivity contribution is 0.0964. The van der Waals surface area contributed by atoms with Gasteiger partial charge in [0, 0.05) is 62.1 Å².